The van der Waals surface area contributed by atoms with Gasteiger partial charge in [-0.3, -0.25) is 4.79 Å². The van der Waals surface area contributed by atoms with Crippen molar-refractivity contribution in [2.24, 2.45) is 0 Å². The van der Waals surface area contributed by atoms with E-state index in [2.05, 4.69) is 15.5 Å². The van der Waals surface area contributed by atoms with Crippen molar-refractivity contribution in [2.45, 2.75) is 5.03 Å². The van der Waals surface area contributed by atoms with Crippen molar-refractivity contribution in [1.29, 1.82) is 0 Å². The van der Waals surface area contributed by atoms with Crippen LogP contribution >= 0.6 is 23.4 Å². The molecule has 0 saturated heterocycles. The fraction of sp³-hybridized carbons (Fsp3) is 0.0625. The summed E-state index contributed by atoms with van der Waals surface area (Å²) in [6.45, 7) is 0. The fourth-order valence-corrected chi connectivity index (χ4v) is 2.66. The monoisotopic (exact) mass is 363 g/mol. The maximum absolute atomic E-state index is 13.1. The highest BCUT2D eigenvalue weighted by Gasteiger charge is 2.08. The van der Waals surface area contributed by atoms with Crippen LogP contribution in [0.2, 0.25) is 5.02 Å². The molecule has 8 heteroatoms. The number of hydrogen-bond acceptors (Lipinski definition) is 5. The van der Waals surface area contributed by atoms with E-state index in [-0.39, 0.29) is 16.7 Å². The first-order valence-corrected chi connectivity index (χ1v) is 8.23. The average molecular weight is 364 g/mol. The van der Waals surface area contributed by atoms with Crippen LogP contribution in [0.5, 0.6) is 0 Å². The minimum absolute atomic E-state index is 0.0418. The van der Waals surface area contributed by atoms with Gasteiger partial charge in [0.1, 0.15) is 16.5 Å². The molecule has 1 N–H and O–H groups in total. The van der Waals surface area contributed by atoms with Gasteiger partial charge in [-0.15, -0.1) is 10.2 Å². The first-order valence-electron chi connectivity index (χ1n) is 6.87. The summed E-state index contributed by atoms with van der Waals surface area (Å²) >= 11 is 6.91. The Bertz CT molecular complexity index is 841. The third-order valence-corrected chi connectivity index (χ3v) is 4.18. The summed E-state index contributed by atoms with van der Waals surface area (Å²) in [5, 5.41) is 11.3. The van der Waals surface area contributed by atoms with Gasteiger partial charge in [-0.25, -0.2) is 4.39 Å². The third-order valence-electron chi connectivity index (χ3n) is 2.97. The molecule has 0 aliphatic heterocycles. The number of rotatable bonds is 5. The minimum Gasteiger partial charge on any atom is -0.463 e. The molecule has 2 heterocycles. The molecule has 0 unspecified atom stereocenters. The lowest BCUT2D eigenvalue weighted by molar-refractivity contribution is -0.113. The van der Waals surface area contributed by atoms with Crippen molar-refractivity contribution >= 4 is 35.0 Å². The number of halogens is 2. The molecular formula is C16H11ClFN3O2S. The van der Waals surface area contributed by atoms with Gasteiger partial charge in [-0.05, 0) is 42.5 Å². The Hall–Kier alpha value is -2.38. The van der Waals surface area contributed by atoms with Crippen LogP contribution < -0.4 is 5.32 Å². The number of hydrogen-bond donors (Lipinski definition) is 1. The first-order chi connectivity index (χ1) is 11.6. The Morgan fingerprint density at radius 3 is 2.79 bits per heavy atom. The largest absolute Gasteiger partial charge is 0.463 e. The molecule has 0 aliphatic rings. The lowest BCUT2D eigenvalue weighted by Crippen LogP contribution is -2.14. The standard InChI is InChI=1S/C16H11ClFN3O2S/c17-11-8-10(3-4-12(11)18)19-15(22)9-24-16-6-5-13(20-21-16)14-2-1-7-23-14/h1-8H,9H2,(H,19,22). The predicted octanol–water partition coefficient (Wildman–Crippen LogP) is 4.26. The molecular weight excluding hydrogens is 353 g/mol. The zero-order valence-corrected chi connectivity index (χ0v) is 13.8. The fourth-order valence-electron chi connectivity index (χ4n) is 1.86. The van der Waals surface area contributed by atoms with Gasteiger partial charge in [0.25, 0.3) is 0 Å². The summed E-state index contributed by atoms with van der Waals surface area (Å²) in [5.41, 5.74) is 1.06. The predicted molar refractivity (Wildman–Crippen MR) is 90.5 cm³/mol. The lowest BCUT2D eigenvalue weighted by atomic mass is 10.3. The van der Waals surface area contributed by atoms with Gasteiger partial charge in [0, 0.05) is 5.69 Å². The van der Waals surface area contributed by atoms with E-state index in [4.69, 9.17) is 16.0 Å². The molecule has 122 valence electrons. The topological polar surface area (TPSA) is 68.0 Å². The summed E-state index contributed by atoms with van der Waals surface area (Å²) in [5.74, 6) is -0.00965. The molecule has 1 amide bonds. The SMILES string of the molecule is O=C(CSc1ccc(-c2ccco2)nn1)Nc1ccc(F)c(Cl)c1. The molecule has 0 saturated carbocycles. The van der Waals surface area contributed by atoms with Gasteiger partial charge in [-0.1, -0.05) is 23.4 Å². The Kier molecular flexibility index (Phi) is 5.12. The normalized spacial score (nSPS) is 10.6. The molecule has 24 heavy (non-hydrogen) atoms. The van der Waals surface area contributed by atoms with Crippen LogP contribution in [0.3, 0.4) is 0 Å². The molecule has 0 aliphatic carbocycles. The van der Waals surface area contributed by atoms with Crippen molar-refractivity contribution in [3.8, 4) is 11.5 Å². The van der Waals surface area contributed by atoms with Crippen LogP contribution in [0.15, 0.2) is 58.2 Å². The number of furan rings is 1. The van der Waals surface area contributed by atoms with E-state index in [9.17, 15) is 9.18 Å². The summed E-state index contributed by atoms with van der Waals surface area (Å²) in [4.78, 5) is 11.9. The first kappa shape index (κ1) is 16.5. The van der Waals surface area contributed by atoms with Crippen molar-refractivity contribution in [2.75, 3.05) is 11.1 Å². The van der Waals surface area contributed by atoms with Crippen molar-refractivity contribution in [3.63, 3.8) is 0 Å². The van der Waals surface area contributed by atoms with E-state index in [1.165, 1.54) is 30.0 Å². The van der Waals surface area contributed by atoms with E-state index >= 15 is 0 Å². The Morgan fingerprint density at radius 1 is 1.25 bits per heavy atom. The Balaban J connectivity index is 1.55. The molecule has 3 aromatic rings. The van der Waals surface area contributed by atoms with E-state index in [1.807, 2.05) is 0 Å². The number of carbonyl (C=O) groups is 1. The van der Waals surface area contributed by atoms with Gasteiger partial charge < -0.3 is 9.73 Å². The molecule has 0 spiro atoms. The van der Waals surface area contributed by atoms with E-state index in [0.717, 1.165) is 0 Å². The molecule has 5 nitrogen and oxygen atoms in total. The van der Waals surface area contributed by atoms with Crippen LogP contribution in [0, 0.1) is 5.82 Å². The number of benzene rings is 1. The average Bonchev–Trinajstić information content (AvgIpc) is 3.11. The van der Waals surface area contributed by atoms with Crippen molar-refractivity contribution in [3.05, 3.63) is 59.6 Å². The number of amides is 1. The van der Waals surface area contributed by atoms with Crippen LogP contribution in [0.1, 0.15) is 0 Å². The number of nitrogens with one attached hydrogen (secondary N) is 1. The molecule has 0 fully saturated rings. The summed E-state index contributed by atoms with van der Waals surface area (Å²) in [6.07, 6.45) is 1.56. The summed E-state index contributed by atoms with van der Waals surface area (Å²) in [7, 11) is 0. The lowest BCUT2D eigenvalue weighted by Gasteiger charge is -2.05. The number of aromatic nitrogens is 2. The number of anilines is 1. The van der Waals surface area contributed by atoms with Crippen LogP contribution in [-0.4, -0.2) is 21.9 Å². The van der Waals surface area contributed by atoms with Gasteiger partial charge in [0.2, 0.25) is 5.91 Å². The van der Waals surface area contributed by atoms with Gasteiger partial charge in [-0.2, -0.15) is 0 Å². The Morgan fingerprint density at radius 2 is 2.12 bits per heavy atom. The van der Waals surface area contributed by atoms with Crippen LogP contribution in [0.4, 0.5) is 10.1 Å². The highest BCUT2D eigenvalue weighted by Crippen LogP contribution is 2.22. The van der Waals surface area contributed by atoms with E-state index in [0.29, 0.717) is 22.2 Å². The highest BCUT2D eigenvalue weighted by atomic mass is 35.5. The quantitative estimate of drug-likeness (QED) is 0.686. The molecule has 1 aromatic carbocycles. The van der Waals surface area contributed by atoms with Gasteiger partial charge >= 0.3 is 0 Å². The zero-order chi connectivity index (χ0) is 16.9. The molecule has 2 aromatic heterocycles. The van der Waals surface area contributed by atoms with Crippen LogP contribution in [-0.2, 0) is 4.79 Å². The third kappa shape index (κ3) is 4.12. The maximum Gasteiger partial charge on any atom is 0.234 e. The second-order valence-electron chi connectivity index (χ2n) is 4.70. The number of carbonyl (C=O) groups excluding carboxylic acids is 1. The van der Waals surface area contributed by atoms with E-state index < -0.39 is 5.82 Å². The highest BCUT2D eigenvalue weighted by molar-refractivity contribution is 7.99. The maximum atomic E-state index is 13.1. The molecule has 0 bridgehead atoms. The molecule has 0 radical (unpaired) electrons. The van der Waals surface area contributed by atoms with Gasteiger partial charge in [0.05, 0.1) is 17.0 Å². The second kappa shape index (κ2) is 7.46. The zero-order valence-electron chi connectivity index (χ0n) is 12.2. The van der Waals surface area contributed by atoms with Gasteiger partial charge in [0.15, 0.2) is 5.76 Å². The number of thioether (sulfide) groups is 1. The van der Waals surface area contributed by atoms with E-state index in [1.54, 1.807) is 30.5 Å². The number of nitrogens with zero attached hydrogens (tertiary/aromatic N) is 2. The molecule has 0 atom stereocenters. The van der Waals surface area contributed by atoms with Crippen molar-refractivity contribution in [1.82, 2.24) is 10.2 Å². The molecule has 3 rings (SSSR count). The Labute approximate surface area is 146 Å². The van der Waals surface area contributed by atoms with Crippen molar-refractivity contribution < 1.29 is 13.6 Å². The summed E-state index contributed by atoms with van der Waals surface area (Å²) < 4.78 is 18.3. The minimum atomic E-state index is -0.532. The van der Waals surface area contributed by atoms with Crippen LogP contribution in [0.25, 0.3) is 11.5 Å². The smallest absolute Gasteiger partial charge is 0.234 e. The second-order valence-corrected chi connectivity index (χ2v) is 6.10. The summed E-state index contributed by atoms with van der Waals surface area (Å²) in [6, 6.07) is 11.1.